The smallest absolute Gasteiger partial charge is 0.341 e. The molecule has 0 saturated heterocycles. The molecule has 144 valence electrons. The van der Waals surface area contributed by atoms with Crippen molar-refractivity contribution in [1.29, 1.82) is 0 Å². The van der Waals surface area contributed by atoms with Gasteiger partial charge in [0.1, 0.15) is 10.6 Å². The van der Waals surface area contributed by atoms with Crippen molar-refractivity contribution in [1.82, 2.24) is 5.32 Å². The van der Waals surface area contributed by atoms with Crippen LogP contribution in [0.2, 0.25) is 5.02 Å². The Kier molecular flexibility index (Phi) is 6.67. The number of esters is 1. The first kappa shape index (κ1) is 20.3. The summed E-state index contributed by atoms with van der Waals surface area (Å²) in [7, 11) is 1.38. The molecule has 3 aromatic rings. The summed E-state index contributed by atoms with van der Waals surface area (Å²) in [5.74, 6) is -0.397. The van der Waals surface area contributed by atoms with Gasteiger partial charge >= 0.3 is 5.97 Å². The molecule has 2 aromatic carbocycles. The molecule has 4 nitrogen and oxygen atoms in total. The van der Waals surface area contributed by atoms with Gasteiger partial charge in [0.2, 0.25) is 0 Å². The molecule has 7 heteroatoms. The van der Waals surface area contributed by atoms with Crippen LogP contribution in [0.25, 0.3) is 11.1 Å². The van der Waals surface area contributed by atoms with Gasteiger partial charge in [-0.15, -0.1) is 11.3 Å². The average molecular weight is 431 g/mol. The lowest BCUT2D eigenvalue weighted by Crippen LogP contribution is -2.28. The van der Waals surface area contributed by atoms with Crippen LogP contribution in [0.5, 0.6) is 0 Å². The Labute approximate surface area is 178 Å². The van der Waals surface area contributed by atoms with Gasteiger partial charge in [0, 0.05) is 22.0 Å². The molecule has 0 fully saturated rings. The van der Waals surface area contributed by atoms with Crippen LogP contribution in [-0.2, 0) is 11.3 Å². The molecule has 0 aliphatic heterocycles. The first-order chi connectivity index (χ1) is 13.5. The number of aryl methyl sites for hydroxylation is 1. The number of methoxy groups -OCH3 is 1. The minimum Gasteiger partial charge on any atom is -0.465 e. The van der Waals surface area contributed by atoms with Crippen molar-refractivity contribution in [2.75, 3.05) is 12.4 Å². The molecule has 0 spiro atoms. The Morgan fingerprint density at radius 2 is 1.82 bits per heavy atom. The molecule has 0 atom stereocenters. The maximum Gasteiger partial charge on any atom is 0.341 e. The largest absolute Gasteiger partial charge is 0.465 e. The van der Waals surface area contributed by atoms with Crippen LogP contribution >= 0.6 is 35.2 Å². The van der Waals surface area contributed by atoms with Crippen molar-refractivity contribution in [2.45, 2.75) is 13.5 Å². The third-order valence-corrected chi connectivity index (χ3v) is 5.65. The van der Waals surface area contributed by atoms with E-state index in [9.17, 15) is 4.79 Å². The molecule has 1 aromatic heterocycles. The van der Waals surface area contributed by atoms with E-state index in [1.165, 1.54) is 18.4 Å². The molecule has 3 rings (SSSR count). The maximum atomic E-state index is 12.5. The molecule has 0 saturated carbocycles. The number of halogens is 1. The first-order valence-corrected chi connectivity index (χ1v) is 10.2. The Morgan fingerprint density at radius 1 is 1.14 bits per heavy atom. The molecular formula is C21H19ClN2O2S2. The van der Waals surface area contributed by atoms with Gasteiger partial charge in [0.05, 0.1) is 7.11 Å². The van der Waals surface area contributed by atoms with Crippen molar-refractivity contribution in [3.8, 4) is 11.1 Å². The summed E-state index contributed by atoms with van der Waals surface area (Å²) >= 11 is 12.8. The van der Waals surface area contributed by atoms with E-state index in [1.807, 2.05) is 61.5 Å². The van der Waals surface area contributed by atoms with E-state index in [0.29, 0.717) is 27.2 Å². The first-order valence-electron chi connectivity index (χ1n) is 8.56. The Balaban J connectivity index is 1.82. The fourth-order valence-electron chi connectivity index (χ4n) is 2.81. The topological polar surface area (TPSA) is 50.4 Å². The van der Waals surface area contributed by atoms with E-state index < -0.39 is 5.97 Å². The van der Waals surface area contributed by atoms with Crippen LogP contribution < -0.4 is 10.6 Å². The van der Waals surface area contributed by atoms with Gasteiger partial charge in [0.25, 0.3) is 0 Å². The summed E-state index contributed by atoms with van der Waals surface area (Å²) in [6.45, 7) is 2.53. The van der Waals surface area contributed by atoms with Crippen molar-refractivity contribution in [3.05, 3.63) is 75.6 Å². The zero-order valence-corrected chi connectivity index (χ0v) is 17.8. The highest BCUT2D eigenvalue weighted by atomic mass is 35.5. The van der Waals surface area contributed by atoms with Crippen LogP contribution in [0.1, 0.15) is 20.8 Å². The number of rotatable bonds is 5. The second-order valence-corrected chi connectivity index (χ2v) is 8.10. The predicted octanol–water partition coefficient (Wildman–Crippen LogP) is 5.65. The van der Waals surface area contributed by atoms with E-state index >= 15 is 0 Å². The summed E-state index contributed by atoms with van der Waals surface area (Å²) in [5.41, 5.74) is 3.37. The molecule has 0 aliphatic rings. The number of thiophene rings is 1. The quantitative estimate of drug-likeness (QED) is 0.404. The van der Waals surface area contributed by atoms with E-state index in [-0.39, 0.29) is 0 Å². The molecule has 1 heterocycles. The van der Waals surface area contributed by atoms with Gasteiger partial charge in [-0.2, -0.15) is 0 Å². The van der Waals surface area contributed by atoms with Crippen molar-refractivity contribution < 1.29 is 9.53 Å². The number of thiocarbonyl (C=S) groups is 1. The number of benzene rings is 2. The molecule has 28 heavy (non-hydrogen) atoms. The standard InChI is InChI=1S/C21H19ClN2O2S2/c1-13-17(15-6-4-3-5-7-15)18(20(25)26-2)19(28-13)24-21(27)23-12-14-8-10-16(22)11-9-14/h3-11H,12H2,1-2H3,(H2,23,24,27). The van der Waals surface area contributed by atoms with Crippen molar-refractivity contribution >= 4 is 51.2 Å². The van der Waals surface area contributed by atoms with Gasteiger partial charge in [-0.05, 0) is 42.4 Å². The lowest BCUT2D eigenvalue weighted by atomic mass is 10.0. The number of nitrogens with one attached hydrogen (secondary N) is 2. The summed E-state index contributed by atoms with van der Waals surface area (Å²) in [4.78, 5) is 13.5. The van der Waals surface area contributed by atoms with Gasteiger partial charge in [0.15, 0.2) is 5.11 Å². The van der Waals surface area contributed by atoms with Gasteiger partial charge in [-0.1, -0.05) is 54.1 Å². The molecule has 2 N–H and O–H groups in total. The Hall–Kier alpha value is -2.41. The number of hydrogen-bond acceptors (Lipinski definition) is 4. The van der Waals surface area contributed by atoms with E-state index in [4.69, 9.17) is 28.6 Å². The van der Waals surface area contributed by atoms with Gasteiger partial charge in [-0.3, -0.25) is 0 Å². The molecule has 0 aliphatic carbocycles. The Morgan fingerprint density at radius 3 is 2.46 bits per heavy atom. The highest BCUT2D eigenvalue weighted by molar-refractivity contribution is 7.80. The molecule has 0 bridgehead atoms. The molecule has 0 unspecified atom stereocenters. The van der Waals surface area contributed by atoms with E-state index in [0.717, 1.165) is 21.6 Å². The zero-order valence-electron chi connectivity index (χ0n) is 15.4. The highest BCUT2D eigenvalue weighted by Gasteiger charge is 2.24. The number of carbonyl (C=O) groups excluding carboxylic acids is 1. The molecular weight excluding hydrogens is 412 g/mol. The minimum atomic E-state index is -0.397. The monoisotopic (exact) mass is 430 g/mol. The van der Waals surface area contributed by atoms with Crippen LogP contribution in [0.15, 0.2) is 54.6 Å². The third-order valence-electron chi connectivity index (χ3n) is 4.13. The lowest BCUT2D eigenvalue weighted by molar-refractivity contribution is 0.0603. The van der Waals surface area contributed by atoms with E-state index in [1.54, 1.807) is 0 Å². The normalized spacial score (nSPS) is 10.4. The highest BCUT2D eigenvalue weighted by Crippen LogP contribution is 2.40. The lowest BCUT2D eigenvalue weighted by Gasteiger charge is -2.11. The van der Waals surface area contributed by atoms with E-state index in [2.05, 4.69) is 10.6 Å². The van der Waals surface area contributed by atoms with Crippen LogP contribution in [-0.4, -0.2) is 18.2 Å². The van der Waals surface area contributed by atoms with Crippen molar-refractivity contribution in [3.63, 3.8) is 0 Å². The second-order valence-electron chi connectivity index (χ2n) is 6.03. The average Bonchev–Trinajstić information content (AvgIpc) is 3.03. The SMILES string of the molecule is COC(=O)c1c(NC(=S)NCc2ccc(Cl)cc2)sc(C)c1-c1ccccc1. The minimum absolute atomic E-state index is 0.397. The van der Waals surface area contributed by atoms with Crippen LogP contribution in [0, 0.1) is 6.92 Å². The number of hydrogen-bond donors (Lipinski definition) is 2. The van der Waals surface area contributed by atoms with Crippen LogP contribution in [0.3, 0.4) is 0 Å². The fraction of sp³-hybridized carbons (Fsp3) is 0.143. The number of ether oxygens (including phenoxy) is 1. The second kappa shape index (κ2) is 9.19. The summed E-state index contributed by atoms with van der Waals surface area (Å²) in [6.07, 6.45) is 0. The summed E-state index contributed by atoms with van der Waals surface area (Å²) < 4.78 is 5.03. The number of anilines is 1. The number of carbonyl (C=O) groups is 1. The molecule has 0 radical (unpaired) electrons. The van der Waals surface area contributed by atoms with Gasteiger partial charge < -0.3 is 15.4 Å². The summed E-state index contributed by atoms with van der Waals surface area (Å²) in [5, 5.41) is 8.09. The zero-order chi connectivity index (χ0) is 20.1. The Bertz CT molecular complexity index is 986. The maximum absolute atomic E-state index is 12.5. The van der Waals surface area contributed by atoms with Crippen LogP contribution in [0.4, 0.5) is 5.00 Å². The van der Waals surface area contributed by atoms with Gasteiger partial charge in [-0.25, -0.2) is 4.79 Å². The van der Waals surface area contributed by atoms with Crippen molar-refractivity contribution in [2.24, 2.45) is 0 Å². The predicted molar refractivity (Wildman–Crippen MR) is 120 cm³/mol. The fourth-order valence-corrected chi connectivity index (χ4v) is 4.25. The molecule has 0 amide bonds. The summed E-state index contributed by atoms with van der Waals surface area (Å²) in [6, 6.07) is 17.3. The third kappa shape index (κ3) is 4.70.